The van der Waals surface area contributed by atoms with Crippen LogP contribution in [0.1, 0.15) is 16.7 Å². The minimum absolute atomic E-state index is 0.245. The van der Waals surface area contributed by atoms with Crippen molar-refractivity contribution in [1.29, 1.82) is 0 Å². The van der Waals surface area contributed by atoms with Gasteiger partial charge in [0.15, 0.2) is 11.5 Å². The highest BCUT2D eigenvalue weighted by molar-refractivity contribution is 5.66. The Hall–Kier alpha value is -3.77. The monoisotopic (exact) mass is 427 g/mol. The van der Waals surface area contributed by atoms with Gasteiger partial charge in [0.2, 0.25) is 6.79 Å². The maximum atomic E-state index is 5.81. The molecule has 0 saturated carbocycles. The molecule has 0 atom stereocenters. The molecule has 0 fully saturated rings. The van der Waals surface area contributed by atoms with Crippen molar-refractivity contribution in [2.24, 2.45) is 0 Å². The molecule has 32 heavy (non-hydrogen) atoms. The second kappa shape index (κ2) is 8.77. The second-order valence-corrected chi connectivity index (χ2v) is 8.01. The number of rotatable bonds is 7. The Morgan fingerprint density at radius 1 is 0.938 bits per heavy atom. The summed E-state index contributed by atoms with van der Waals surface area (Å²) >= 11 is 0. The fourth-order valence-electron chi connectivity index (χ4n) is 3.93. The van der Waals surface area contributed by atoms with Crippen molar-refractivity contribution in [3.8, 4) is 17.1 Å². The highest BCUT2D eigenvalue weighted by Crippen LogP contribution is 2.31. The molecular weight excluding hydrogens is 402 g/mol. The van der Waals surface area contributed by atoms with E-state index in [4.69, 9.17) is 13.9 Å². The van der Waals surface area contributed by atoms with Gasteiger partial charge in [0.05, 0.1) is 18.1 Å². The van der Waals surface area contributed by atoms with Crippen molar-refractivity contribution in [3.63, 3.8) is 0 Å². The molecule has 0 saturated heterocycles. The average molecular weight is 428 g/mol. The van der Waals surface area contributed by atoms with Crippen molar-refractivity contribution in [2.75, 3.05) is 20.9 Å². The summed E-state index contributed by atoms with van der Waals surface area (Å²) < 4.78 is 19.2. The maximum absolute atomic E-state index is 5.81. The van der Waals surface area contributed by atoms with Gasteiger partial charge >= 0.3 is 0 Å². The molecule has 1 aliphatic rings. The predicted molar refractivity (Wildman–Crippen MR) is 123 cm³/mol. The van der Waals surface area contributed by atoms with Crippen LogP contribution in [0.5, 0.6) is 0 Å². The summed E-state index contributed by atoms with van der Waals surface area (Å²) in [6.07, 6.45) is 4.29. The summed E-state index contributed by atoms with van der Waals surface area (Å²) in [5, 5.41) is 4.66. The van der Waals surface area contributed by atoms with Crippen LogP contribution in [0.4, 0.5) is 0 Å². The third-order valence-corrected chi connectivity index (χ3v) is 5.36. The number of furan rings is 1. The fraction of sp³-hybridized carbons (Fsp3) is 0.192. The quantitative estimate of drug-likeness (QED) is 0.410. The molecule has 5 rings (SSSR count). The lowest BCUT2D eigenvalue weighted by molar-refractivity contribution is 0.0857. The number of nitrogens with zero attached hydrogens (tertiary/aromatic N) is 3. The molecule has 0 unspecified atom stereocenters. The molecule has 4 aromatic rings. The van der Waals surface area contributed by atoms with Crippen molar-refractivity contribution in [3.05, 3.63) is 102 Å². The number of hydrogen-bond acceptors (Lipinski definition) is 5. The van der Waals surface area contributed by atoms with Crippen LogP contribution in [0.25, 0.3) is 22.9 Å². The van der Waals surface area contributed by atoms with Gasteiger partial charge in [0.1, 0.15) is 11.5 Å². The van der Waals surface area contributed by atoms with Crippen LogP contribution < -0.4 is 0 Å². The molecule has 0 bridgehead atoms. The standard InChI is InChI=1S/C26H25N3O3/c1-28(2)17-21-16-27-29(25(21)23-9-6-14-30-23)22-12-10-20(11-13-22)26-24(31-18-32-26)15-19-7-4-3-5-8-19/h3-14,16H,15,17-18H2,1-2H3. The van der Waals surface area contributed by atoms with Crippen LogP contribution >= 0.6 is 0 Å². The van der Waals surface area contributed by atoms with E-state index in [2.05, 4.69) is 22.1 Å². The molecule has 0 N–H and O–H groups in total. The number of aromatic nitrogens is 2. The lowest BCUT2D eigenvalue weighted by atomic mass is 10.1. The minimum atomic E-state index is 0.245. The molecule has 162 valence electrons. The van der Waals surface area contributed by atoms with Gasteiger partial charge in [-0.05, 0) is 56.1 Å². The summed E-state index contributed by atoms with van der Waals surface area (Å²) in [6.45, 7) is 1.02. The summed E-state index contributed by atoms with van der Waals surface area (Å²) in [6, 6.07) is 22.3. The van der Waals surface area contributed by atoms with Gasteiger partial charge in [-0.2, -0.15) is 5.10 Å². The minimum Gasteiger partial charge on any atom is -0.463 e. The van der Waals surface area contributed by atoms with Crippen molar-refractivity contribution in [1.82, 2.24) is 14.7 Å². The number of benzene rings is 2. The molecule has 3 heterocycles. The summed E-state index contributed by atoms with van der Waals surface area (Å²) in [5.74, 6) is 2.44. The molecular formula is C26H25N3O3. The van der Waals surface area contributed by atoms with Gasteiger partial charge in [-0.3, -0.25) is 0 Å². The zero-order valence-electron chi connectivity index (χ0n) is 18.2. The predicted octanol–water partition coefficient (Wildman–Crippen LogP) is 5.11. The third kappa shape index (κ3) is 4.05. The van der Waals surface area contributed by atoms with E-state index in [-0.39, 0.29) is 6.79 Å². The van der Waals surface area contributed by atoms with E-state index < -0.39 is 0 Å². The normalized spacial score (nSPS) is 13.5. The van der Waals surface area contributed by atoms with Crippen molar-refractivity contribution < 1.29 is 13.9 Å². The van der Waals surface area contributed by atoms with Gasteiger partial charge in [-0.15, -0.1) is 0 Å². The second-order valence-electron chi connectivity index (χ2n) is 8.01. The smallest absolute Gasteiger partial charge is 0.230 e. The Morgan fingerprint density at radius 3 is 2.47 bits per heavy atom. The highest BCUT2D eigenvalue weighted by Gasteiger charge is 2.21. The van der Waals surface area contributed by atoms with Crippen LogP contribution in [0.15, 0.2) is 89.4 Å². The third-order valence-electron chi connectivity index (χ3n) is 5.36. The Labute approximate surface area is 187 Å². The first-order chi connectivity index (χ1) is 15.7. The molecule has 2 aromatic carbocycles. The molecule has 6 nitrogen and oxygen atoms in total. The molecule has 0 amide bonds. The average Bonchev–Trinajstić information content (AvgIpc) is 3.55. The van der Waals surface area contributed by atoms with E-state index in [0.717, 1.165) is 46.3 Å². The molecule has 0 aliphatic carbocycles. The van der Waals surface area contributed by atoms with E-state index in [0.29, 0.717) is 6.42 Å². The maximum Gasteiger partial charge on any atom is 0.230 e. The summed E-state index contributed by atoms with van der Waals surface area (Å²) in [5.41, 5.74) is 5.19. The zero-order chi connectivity index (χ0) is 21.9. The van der Waals surface area contributed by atoms with E-state index in [1.54, 1.807) is 6.26 Å². The van der Waals surface area contributed by atoms with E-state index in [1.807, 2.05) is 79.6 Å². The lowest BCUT2D eigenvalue weighted by Gasteiger charge is -2.12. The summed E-state index contributed by atoms with van der Waals surface area (Å²) in [4.78, 5) is 2.12. The Morgan fingerprint density at radius 2 is 1.75 bits per heavy atom. The van der Waals surface area contributed by atoms with Gasteiger partial charge in [0, 0.05) is 24.1 Å². The van der Waals surface area contributed by atoms with Crippen molar-refractivity contribution in [2.45, 2.75) is 13.0 Å². The topological polar surface area (TPSA) is 52.7 Å². The molecule has 2 aromatic heterocycles. The Kier molecular flexibility index (Phi) is 5.52. The van der Waals surface area contributed by atoms with Crippen LogP contribution in [0, 0.1) is 0 Å². The van der Waals surface area contributed by atoms with Gasteiger partial charge in [-0.25, -0.2) is 4.68 Å². The van der Waals surface area contributed by atoms with Crippen molar-refractivity contribution >= 4 is 5.76 Å². The number of hydrogen-bond donors (Lipinski definition) is 0. The van der Waals surface area contributed by atoms with E-state index >= 15 is 0 Å². The van der Waals surface area contributed by atoms with Crippen LogP contribution in [0.2, 0.25) is 0 Å². The number of allylic oxidation sites excluding steroid dienone is 1. The zero-order valence-corrected chi connectivity index (χ0v) is 18.2. The SMILES string of the molecule is CN(C)Cc1cnn(-c2ccc(C3=C(Cc4ccccc4)OCO3)cc2)c1-c1ccco1. The van der Waals surface area contributed by atoms with E-state index in [1.165, 1.54) is 5.56 Å². The molecule has 0 spiro atoms. The largest absolute Gasteiger partial charge is 0.463 e. The fourth-order valence-corrected chi connectivity index (χ4v) is 3.93. The first-order valence-corrected chi connectivity index (χ1v) is 10.6. The molecule has 6 heteroatoms. The van der Waals surface area contributed by atoms with Gasteiger partial charge < -0.3 is 18.8 Å². The van der Waals surface area contributed by atoms with Gasteiger partial charge in [0.25, 0.3) is 0 Å². The van der Waals surface area contributed by atoms with Crippen LogP contribution in [0.3, 0.4) is 0 Å². The Bertz CT molecular complexity index is 1210. The first-order valence-electron chi connectivity index (χ1n) is 10.6. The molecule has 0 radical (unpaired) electrons. The first kappa shape index (κ1) is 20.2. The van der Waals surface area contributed by atoms with E-state index in [9.17, 15) is 0 Å². The Balaban J connectivity index is 1.47. The summed E-state index contributed by atoms with van der Waals surface area (Å²) in [7, 11) is 4.09. The van der Waals surface area contributed by atoms with Gasteiger partial charge in [-0.1, -0.05) is 30.3 Å². The number of ether oxygens (including phenoxy) is 2. The lowest BCUT2D eigenvalue weighted by Crippen LogP contribution is -2.11. The highest BCUT2D eigenvalue weighted by atomic mass is 16.7. The van der Waals surface area contributed by atoms with Crippen LogP contribution in [-0.2, 0) is 22.4 Å². The molecule has 1 aliphatic heterocycles. The van der Waals surface area contributed by atoms with Crippen LogP contribution in [-0.4, -0.2) is 35.6 Å².